The van der Waals surface area contributed by atoms with Crippen molar-refractivity contribution >= 4 is 29.3 Å². The fourth-order valence-electron chi connectivity index (χ4n) is 4.30. The summed E-state index contributed by atoms with van der Waals surface area (Å²) in [6.45, 7) is 2.28. The Labute approximate surface area is 190 Å². The SMILES string of the molecule is CC1(c2ccc3c(c2)OCCCO3)NC(=O)N(CC(=O)c2ccc3c(c2)CCC(=O)N3)C1=O. The number of carbonyl (C=O) groups excluding carboxylic acids is 4. The second-order valence-corrected chi connectivity index (χ2v) is 8.50. The van der Waals surface area contributed by atoms with Gasteiger partial charge in [-0.3, -0.25) is 19.3 Å². The van der Waals surface area contributed by atoms with Crippen molar-refractivity contribution in [2.24, 2.45) is 0 Å². The summed E-state index contributed by atoms with van der Waals surface area (Å²) in [6, 6.07) is 9.48. The monoisotopic (exact) mass is 449 g/mol. The van der Waals surface area contributed by atoms with Crippen molar-refractivity contribution in [3.63, 3.8) is 0 Å². The van der Waals surface area contributed by atoms with Gasteiger partial charge in [0, 0.05) is 24.1 Å². The van der Waals surface area contributed by atoms with Crippen LogP contribution in [0.2, 0.25) is 0 Å². The van der Waals surface area contributed by atoms with Gasteiger partial charge in [0.05, 0.1) is 19.8 Å². The van der Waals surface area contributed by atoms with Gasteiger partial charge in [0.2, 0.25) is 5.91 Å². The van der Waals surface area contributed by atoms with E-state index in [1.807, 2.05) is 0 Å². The first-order chi connectivity index (χ1) is 15.8. The average molecular weight is 449 g/mol. The maximum absolute atomic E-state index is 13.3. The molecule has 0 radical (unpaired) electrons. The number of imide groups is 1. The number of fused-ring (bicyclic) bond motifs is 2. The summed E-state index contributed by atoms with van der Waals surface area (Å²) in [7, 11) is 0. The van der Waals surface area contributed by atoms with Crippen molar-refractivity contribution < 1.29 is 28.7 Å². The van der Waals surface area contributed by atoms with E-state index in [4.69, 9.17) is 9.47 Å². The molecule has 9 heteroatoms. The Bertz CT molecular complexity index is 1190. The largest absolute Gasteiger partial charge is 0.490 e. The number of ketones is 1. The summed E-state index contributed by atoms with van der Waals surface area (Å²) >= 11 is 0. The quantitative estimate of drug-likeness (QED) is 0.547. The number of hydrogen-bond donors (Lipinski definition) is 2. The van der Waals surface area contributed by atoms with E-state index in [0.717, 1.165) is 16.9 Å². The van der Waals surface area contributed by atoms with Crippen LogP contribution in [0.5, 0.6) is 11.5 Å². The van der Waals surface area contributed by atoms with Gasteiger partial charge in [-0.15, -0.1) is 0 Å². The van der Waals surface area contributed by atoms with Crippen LogP contribution in [0.15, 0.2) is 36.4 Å². The molecule has 33 heavy (non-hydrogen) atoms. The maximum atomic E-state index is 13.3. The predicted octanol–water partition coefficient (Wildman–Crippen LogP) is 2.38. The van der Waals surface area contributed by atoms with Crippen LogP contribution in [0.25, 0.3) is 0 Å². The molecule has 0 aliphatic carbocycles. The molecule has 1 unspecified atom stereocenters. The van der Waals surface area contributed by atoms with Crippen LogP contribution in [0.4, 0.5) is 10.5 Å². The topological polar surface area (TPSA) is 114 Å². The fraction of sp³-hybridized carbons (Fsp3) is 0.333. The van der Waals surface area contributed by atoms with Crippen LogP contribution in [-0.2, 0) is 21.5 Å². The maximum Gasteiger partial charge on any atom is 0.325 e. The highest BCUT2D eigenvalue weighted by molar-refractivity contribution is 6.11. The van der Waals surface area contributed by atoms with E-state index in [1.54, 1.807) is 43.3 Å². The Kier molecular flexibility index (Phi) is 5.03. The predicted molar refractivity (Wildman–Crippen MR) is 117 cm³/mol. The molecule has 0 spiro atoms. The molecule has 3 aliphatic rings. The minimum Gasteiger partial charge on any atom is -0.490 e. The number of nitrogens with zero attached hydrogens (tertiary/aromatic N) is 1. The molecule has 5 rings (SSSR count). The highest BCUT2D eigenvalue weighted by Gasteiger charge is 2.49. The Morgan fingerprint density at radius 1 is 1.03 bits per heavy atom. The molecule has 0 aromatic heterocycles. The van der Waals surface area contributed by atoms with Crippen LogP contribution in [0.3, 0.4) is 0 Å². The number of nitrogens with one attached hydrogen (secondary N) is 2. The molecule has 0 bridgehead atoms. The highest BCUT2D eigenvalue weighted by Crippen LogP contribution is 2.36. The molecule has 170 valence electrons. The summed E-state index contributed by atoms with van der Waals surface area (Å²) in [5.41, 5.74) is 1.14. The molecule has 0 saturated carbocycles. The third kappa shape index (κ3) is 3.69. The van der Waals surface area contributed by atoms with Gasteiger partial charge in [-0.2, -0.15) is 0 Å². The molecule has 3 heterocycles. The minimum atomic E-state index is -1.33. The zero-order valence-electron chi connectivity index (χ0n) is 18.1. The number of amides is 4. The number of rotatable bonds is 4. The number of hydrogen-bond acceptors (Lipinski definition) is 6. The molecule has 2 N–H and O–H groups in total. The molecular formula is C24H23N3O6. The third-order valence-corrected chi connectivity index (χ3v) is 6.22. The molecule has 2 aromatic rings. The normalized spacial score (nSPS) is 21.7. The number of anilines is 1. The zero-order valence-corrected chi connectivity index (χ0v) is 18.1. The zero-order chi connectivity index (χ0) is 23.2. The first kappa shape index (κ1) is 21.0. The van der Waals surface area contributed by atoms with Gasteiger partial charge in [-0.1, -0.05) is 6.07 Å². The van der Waals surface area contributed by atoms with Crippen LogP contribution in [0.1, 0.15) is 41.3 Å². The lowest BCUT2D eigenvalue weighted by Gasteiger charge is -2.23. The number of Topliss-reactive ketones (excluding diaryl/α,β-unsaturated/α-hetero) is 1. The second kappa shape index (κ2) is 7.91. The third-order valence-electron chi connectivity index (χ3n) is 6.22. The van der Waals surface area contributed by atoms with Crippen molar-refractivity contribution in [3.05, 3.63) is 53.1 Å². The molecule has 1 fully saturated rings. The van der Waals surface area contributed by atoms with Crippen molar-refractivity contribution in [2.75, 3.05) is 25.1 Å². The molecule has 2 aromatic carbocycles. The summed E-state index contributed by atoms with van der Waals surface area (Å²) in [6.07, 6.45) is 1.64. The van der Waals surface area contributed by atoms with E-state index < -0.39 is 17.5 Å². The van der Waals surface area contributed by atoms with Crippen molar-refractivity contribution in [1.29, 1.82) is 0 Å². The van der Waals surface area contributed by atoms with E-state index in [-0.39, 0.29) is 18.2 Å². The van der Waals surface area contributed by atoms with E-state index in [0.29, 0.717) is 54.4 Å². The summed E-state index contributed by atoms with van der Waals surface area (Å²) in [5, 5.41) is 5.49. The Hall–Kier alpha value is -3.88. The molecule has 4 amide bonds. The number of aryl methyl sites for hydroxylation is 1. The Morgan fingerprint density at radius 2 is 1.82 bits per heavy atom. The van der Waals surface area contributed by atoms with Gasteiger partial charge in [-0.25, -0.2) is 4.79 Å². The van der Waals surface area contributed by atoms with Gasteiger partial charge in [0.25, 0.3) is 5.91 Å². The fourth-order valence-corrected chi connectivity index (χ4v) is 4.30. The summed E-state index contributed by atoms with van der Waals surface area (Å²) in [5.74, 6) is 0.174. The van der Waals surface area contributed by atoms with Gasteiger partial charge in [0.1, 0.15) is 5.54 Å². The summed E-state index contributed by atoms with van der Waals surface area (Å²) in [4.78, 5) is 51.4. The first-order valence-electron chi connectivity index (χ1n) is 10.9. The van der Waals surface area contributed by atoms with Crippen molar-refractivity contribution in [1.82, 2.24) is 10.2 Å². The smallest absolute Gasteiger partial charge is 0.325 e. The minimum absolute atomic E-state index is 0.0602. The molecule has 1 saturated heterocycles. The van der Waals surface area contributed by atoms with E-state index in [2.05, 4.69) is 10.6 Å². The van der Waals surface area contributed by atoms with Crippen molar-refractivity contribution in [2.45, 2.75) is 31.7 Å². The molecule has 9 nitrogen and oxygen atoms in total. The lowest BCUT2D eigenvalue weighted by Crippen LogP contribution is -2.41. The van der Waals surface area contributed by atoms with Crippen LogP contribution in [0, 0.1) is 0 Å². The highest BCUT2D eigenvalue weighted by atomic mass is 16.5. The number of carbonyl (C=O) groups is 4. The number of benzene rings is 2. The summed E-state index contributed by atoms with van der Waals surface area (Å²) < 4.78 is 11.4. The number of urea groups is 1. The van der Waals surface area contributed by atoms with Crippen LogP contribution >= 0.6 is 0 Å². The van der Waals surface area contributed by atoms with Gasteiger partial charge in [0.15, 0.2) is 17.3 Å². The molecule has 1 atom stereocenters. The molecule has 3 aliphatic heterocycles. The van der Waals surface area contributed by atoms with Gasteiger partial charge >= 0.3 is 6.03 Å². The second-order valence-electron chi connectivity index (χ2n) is 8.50. The lowest BCUT2D eigenvalue weighted by molar-refractivity contribution is -0.130. The lowest BCUT2D eigenvalue weighted by atomic mass is 9.91. The Morgan fingerprint density at radius 3 is 2.64 bits per heavy atom. The molecular weight excluding hydrogens is 426 g/mol. The Balaban J connectivity index is 1.36. The van der Waals surface area contributed by atoms with Crippen molar-refractivity contribution in [3.8, 4) is 11.5 Å². The van der Waals surface area contributed by atoms with E-state index in [9.17, 15) is 19.2 Å². The average Bonchev–Trinajstić information content (AvgIpc) is 2.96. The van der Waals surface area contributed by atoms with Crippen LogP contribution < -0.4 is 20.1 Å². The number of ether oxygens (including phenoxy) is 2. The first-order valence-corrected chi connectivity index (χ1v) is 10.9. The van der Waals surface area contributed by atoms with E-state index in [1.165, 1.54) is 0 Å². The van der Waals surface area contributed by atoms with E-state index >= 15 is 0 Å². The van der Waals surface area contributed by atoms with Gasteiger partial charge < -0.3 is 20.1 Å². The van der Waals surface area contributed by atoms with Crippen LogP contribution in [-0.4, -0.2) is 48.3 Å². The van der Waals surface area contributed by atoms with Gasteiger partial charge in [-0.05, 0) is 54.8 Å². The standard InChI is InChI=1S/C24H23N3O6/c1-24(16-5-7-19-20(12-16)33-10-2-9-32-19)22(30)27(23(31)26-24)13-18(28)15-3-6-17-14(11-15)4-8-21(29)25-17/h3,5-7,11-12H,2,4,8-10,13H2,1H3,(H,25,29)(H,26,31).